The molecule has 4 rings (SSSR count). The Balaban J connectivity index is 1.35. The molecule has 0 radical (unpaired) electrons. The van der Waals surface area contributed by atoms with Gasteiger partial charge in [0.15, 0.2) is 0 Å². The van der Waals surface area contributed by atoms with E-state index in [4.69, 9.17) is 0 Å². The van der Waals surface area contributed by atoms with Crippen LogP contribution in [0.25, 0.3) is 0 Å². The largest absolute Gasteiger partial charge is 0.349 e. The predicted molar refractivity (Wildman–Crippen MR) is 118 cm³/mol. The predicted octanol–water partition coefficient (Wildman–Crippen LogP) is 2.92. The zero-order chi connectivity index (χ0) is 21.6. The first-order valence-corrected chi connectivity index (χ1v) is 10.7. The van der Waals surface area contributed by atoms with Crippen LogP contribution in [0, 0.1) is 0 Å². The SMILES string of the molecule is CCc1c(C(=O)NC2CCN(C(=O)c3ccncc3)CC2)cnn1Cc1ccccc1. The van der Waals surface area contributed by atoms with Crippen molar-refractivity contribution in [1.29, 1.82) is 0 Å². The number of piperidine rings is 1. The summed E-state index contributed by atoms with van der Waals surface area (Å²) in [6, 6.07) is 13.6. The molecule has 7 heteroatoms. The molecule has 0 aliphatic carbocycles. The molecule has 1 saturated heterocycles. The number of hydrogen-bond donors (Lipinski definition) is 1. The van der Waals surface area contributed by atoms with Crippen molar-refractivity contribution in [2.75, 3.05) is 13.1 Å². The highest BCUT2D eigenvalue weighted by Crippen LogP contribution is 2.16. The van der Waals surface area contributed by atoms with Crippen LogP contribution in [0.3, 0.4) is 0 Å². The lowest BCUT2D eigenvalue weighted by molar-refractivity contribution is 0.0698. The summed E-state index contributed by atoms with van der Waals surface area (Å²) in [7, 11) is 0. The maximum absolute atomic E-state index is 12.9. The Morgan fingerprint density at radius 2 is 1.77 bits per heavy atom. The fourth-order valence-corrected chi connectivity index (χ4v) is 4.03. The van der Waals surface area contributed by atoms with E-state index in [0.717, 1.165) is 30.5 Å². The van der Waals surface area contributed by atoms with Crippen LogP contribution in [0.15, 0.2) is 61.1 Å². The lowest BCUT2D eigenvalue weighted by Gasteiger charge is -2.32. The molecule has 3 heterocycles. The fourth-order valence-electron chi connectivity index (χ4n) is 4.03. The molecule has 1 aliphatic heterocycles. The van der Waals surface area contributed by atoms with Gasteiger partial charge < -0.3 is 10.2 Å². The summed E-state index contributed by atoms with van der Waals surface area (Å²) in [5.74, 6) is -0.0716. The maximum Gasteiger partial charge on any atom is 0.254 e. The lowest BCUT2D eigenvalue weighted by Crippen LogP contribution is -2.46. The second-order valence-electron chi connectivity index (χ2n) is 7.78. The molecule has 0 unspecified atom stereocenters. The van der Waals surface area contributed by atoms with Crippen LogP contribution < -0.4 is 5.32 Å². The highest BCUT2D eigenvalue weighted by atomic mass is 16.2. The topological polar surface area (TPSA) is 80.1 Å². The first-order valence-electron chi connectivity index (χ1n) is 10.7. The van der Waals surface area contributed by atoms with Crippen molar-refractivity contribution >= 4 is 11.8 Å². The molecular formula is C24H27N5O2. The zero-order valence-electron chi connectivity index (χ0n) is 17.7. The van der Waals surface area contributed by atoms with Gasteiger partial charge in [-0.3, -0.25) is 19.3 Å². The van der Waals surface area contributed by atoms with E-state index in [9.17, 15) is 9.59 Å². The van der Waals surface area contributed by atoms with Gasteiger partial charge in [0.25, 0.3) is 11.8 Å². The van der Waals surface area contributed by atoms with Gasteiger partial charge in [-0.05, 0) is 37.0 Å². The first-order chi connectivity index (χ1) is 15.2. The minimum atomic E-state index is -0.0879. The second kappa shape index (κ2) is 9.55. The molecule has 1 N–H and O–H groups in total. The Morgan fingerprint density at radius 1 is 1.06 bits per heavy atom. The van der Waals surface area contributed by atoms with Gasteiger partial charge in [-0.1, -0.05) is 37.3 Å². The molecule has 0 bridgehead atoms. The summed E-state index contributed by atoms with van der Waals surface area (Å²) in [6.07, 6.45) is 7.13. The Labute approximate surface area is 182 Å². The number of pyridine rings is 1. The molecule has 7 nitrogen and oxygen atoms in total. The average molecular weight is 418 g/mol. The molecule has 1 fully saturated rings. The number of likely N-dealkylation sites (tertiary alicyclic amines) is 1. The quantitative estimate of drug-likeness (QED) is 0.669. The Bertz CT molecular complexity index is 1020. The number of aromatic nitrogens is 3. The van der Waals surface area contributed by atoms with Crippen LogP contribution in [-0.2, 0) is 13.0 Å². The van der Waals surface area contributed by atoms with Gasteiger partial charge in [-0.25, -0.2) is 0 Å². The monoisotopic (exact) mass is 417 g/mol. The van der Waals surface area contributed by atoms with E-state index in [1.54, 1.807) is 30.7 Å². The Hall–Kier alpha value is -3.48. The fraction of sp³-hybridized carbons (Fsp3) is 0.333. The van der Waals surface area contributed by atoms with Gasteiger partial charge in [0.1, 0.15) is 0 Å². The molecule has 1 aromatic carbocycles. The second-order valence-corrected chi connectivity index (χ2v) is 7.78. The van der Waals surface area contributed by atoms with Gasteiger partial charge >= 0.3 is 0 Å². The molecule has 1 aliphatic rings. The average Bonchev–Trinajstić information content (AvgIpc) is 3.23. The van der Waals surface area contributed by atoms with E-state index >= 15 is 0 Å². The summed E-state index contributed by atoms with van der Waals surface area (Å²) >= 11 is 0. The smallest absolute Gasteiger partial charge is 0.254 e. The normalized spacial score (nSPS) is 14.4. The summed E-state index contributed by atoms with van der Waals surface area (Å²) in [5, 5.41) is 7.61. The number of amides is 2. The van der Waals surface area contributed by atoms with E-state index < -0.39 is 0 Å². The van der Waals surface area contributed by atoms with Gasteiger partial charge in [0.05, 0.1) is 24.0 Å². The summed E-state index contributed by atoms with van der Waals surface area (Å²) < 4.78 is 1.90. The van der Waals surface area contributed by atoms with Crippen molar-refractivity contribution in [3.63, 3.8) is 0 Å². The third-order valence-electron chi connectivity index (χ3n) is 5.75. The van der Waals surface area contributed by atoms with Gasteiger partial charge in [-0.15, -0.1) is 0 Å². The van der Waals surface area contributed by atoms with Crippen LogP contribution in [0.2, 0.25) is 0 Å². The Morgan fingerprint density at radius 3 is 2.45 bits per heavy atom. The summed E-state index contributed by atoms with van der Waals surface area (Å²) in [6.45, 7) is 3.94. The van der Waals surface area contributed by atoms with E-state index in [1.165, 1.54) is 0 Å². The summed E-state index contributed by atoms with van der Waals surface area (Å²) in [4.78, 5) is 31.3. The molecule has 2 aromatic heterocycles. The van der Waals surface area contributed by atoms with Crippen molar-refractivity contribution in [1.82, 2.24) is 25.0 Å². The van der Waals surface area contributed by atoms with Gasteiger partial charge in [0.2, 0.25) is 0 Å². The number of benzene rings is 1. The molecule has 0 spiro atoms. The Kier molecular flexibility index (Phi) is 6.40. The molecule has 0 atom stereocenters. The van der Waals surface area contributed by atoms with Crippen LogP contribution in [0.4, 0.5) is 0 Å². The van der Waals surface area contributed by atoms with Crippen molar-refractivity contribution in [3.8, 4) is 0 Å². The summed E-state index contributed by atoms with van der Waals surface area (Å²) in [5.41, 5.74) is 3.37. The molecule has 3 aromatic rings. The number of nitrogens with zero attached hydrogens (tertiary/aromatic N) is 4. The van der Waals surface area contributed by atoms with E-state index in [-0.39, 0.29) is 17.9 Å². The number of carbonyl (C=O) groups is 2. The third kappa shape index (κ3) is 4.82. The van der Waals surface area contributed by atoms with Gasteiger partial charge in [-0.2, -0.15) is 5.10 Å². The van der Waals surface area contributed by atoms with Crippen LogP contribution in [-0.4, -0.2) is 50.6 Å². The maximum atomic E-state index is 12.9. The molecule has 31 heavy (non-hydrogen) atoms. The minimum Gasteiger partial charge on any atom is -0.349 e. The number of nitrogens with one attached hydrogen (secondary N) is 1. The van der Waals surface area contributed by atoms with Crippen LogP contribution >= 0.6 is 0 Å². The van der Waals surface area contributed by atoms with Crippen LogP contribution in [0.1, 0.15) is 51.7 Å². The molecular weight excluding hydrogens is 390 g/mol. The molecule has 2 amide bonds. The highest BCUT2D eigenvalue weighted by Gasteiger charge is 2.26. The van der Waals surface area contributed by atoms with Crippen molar-refractivity contribution in [3.05, 3.63) is 83.4 Å². The van der Waals surface area contributed by atoms with Gasteiger partial charge in [0, 0.05) is 37.1 Å². The number of hydrogen-bond acceptors (Lipinski definition) is 4. The number of rotatable bonds is 6. The van der Waals surface area contributed by atoms with E-state index in [0.29, 0.717) is 30.8 Å². The van der Waals surface area contributed by atoms with Crippen molar-refractivity contribution in [2.24, 2.45) is 0 Å². The first kappa shape index (κ1) is 20.8. The highest BCUT2D eigenvalue weighted by molar-refractivity contribution is 5.95. The molecule has 160 valence electrons. The zero-order valence-corrected chi connectivity index (χ0v) is 17.7. The van der Waals surface area contributed by atoms with E-state index in [1.807, 2.05) is 34.7 Å². The third-order valence-corrected chi connectivity index (χ3v) is 5.75. The standard InChI is InChI=1S/C24H27N5O2/c1-2-22-21(16-26-29(22)17-18-6-4-3-5-7-18)23(30)27-20-10-14-28(15-11-20)24(31)19-8-12-25-13-9-19/h3-9,12-13,16,20H,2,10-11,14-15,17H2,1H3,(H,27,30). The van der Waals surface area contributed by atoms with Crippen LogP contribution in [0.5, 0.6) is 0 Å². The van der Waals surface area contributed by atoms with Crippen molar-refractivity contribution in [2.45, 2.75) is 38.8 Å². The van der Waals surface area contributed by atoms with E-state index in [2.05, 4.69) is 27.5 Å². The lowest BCUT2D eigenvalue weighted by atomic mass is 10.0. The number of carbonyl (C=O) groups excluding carboxylic acids is 2. The minimum absolute atomic E-state index is 0.0163. The van der Waals surface area contributed by atoms with Crippen molar-refractivity contribution < 1.29 is 9.59 Å². The molecule has 0 saturated carbocycles.